The van der Waals surface area contributed by atoms with Gasteiger partial charge in [-0.05, 0) is 20.8 Å². The molecule has 0 saturated carbocycles. The monoisotopic (exact) mass is 200 g/mol. The first-order chi connectivity index (χ1) is 6.40. The highest BCUT2D eigenvalue weighted by molar-refractivity contribution is 5.77. The number of amides is 1. The normalized spacial score (nSPS) is 17.7. The van der Waals surface area contributed by atoms with Crippen molar-refractivity contribution in [1.82, 2.24) is 10.2 Å². The third kappa shape index (κ3) is 3.27. The fraction of sp³-hybridized carbons (Fsp3) is 0.900. The summed E-state index contributed by atoms with van der Waals surface area (Å²) in [5.41, 5.74) is -0.242. The van der Waals surface area contributed by atoms with Gasteiger partial charge in [0, 0.05) is 20.1 Å². The summed E-state index contributed by atoms with van der Waals surface area (Å²) in [6.45, 7) is 7.83. The maximum Gasteiger partial charge on any atom is 0.248 e. The van der Waals surface area contributed by atoms with E-state index in [-0.39, 0.29) is 18.1 Å². The molecule has 1 rings (SSSR count). The molecule has 4 nitrogen and oxygen atoms in total. The average molecular weight is 200 g/mol. The lowest BCUT2D eigenvalue weighted by Gasteiger charge is -2.36. The first-order valence-electron chi connectivity index (χ1n) is 5.00. The van der Waals surface area contributed by atoms with E-state index in [4.69, 9.17) is 4.74 Å². The van der Waals surface area contributed by atoms with Crippen molar-refractivity contribution in [3.8, 4) is 0 Å². The predicted molar refractivity (Wildman–Crippen MR) is 55.1 cm³/mol. The van der Waals surface area contributed by atoms with Crippen molar-refractivity contribution in [2.24, 2.45) is 0 Å². The SMILES string of the molecule is CN(C(=O)COC(C)(C)C)C1CNC1. The van der Waals surface area contributed by atoms with Crippen molar-refractivity contribution in [3.63, 3.8) is 0 Å². The van der Waals surface area contributed by atoms with Gasteiger partial charge < -0.3 is 15.0 Å². The van der Waals surface area contributed by atoms with Crippen LogP contribution in [0.1, 0.15) is 20.8 Å². The molecule has 82 valence electrons. The van der Waals surface area contributed by atoms with Crippen LogP contribution >= 0.6 is 0 Å². The molecule has 1 saturated heterocycles. The first-order valence-corrected chi connectivity index (χ1v) is 5.00. The van der Waals surface area contributed by atoms with Gasteiger partial charge in [-0.1, -0.05) is 0 Å². The fourth-order valence-corrected chi connectivity index (χ4v) is 1.13. The van der Waals surface area contributed by atoms with E-state index >= 15 is 0 Å². The molecule has 14 heavy (non-hydrogen) atoms. The minimum absolute atomic E-state index is 0.0615. The van der Waals surface area contributed by atoms with Crippen molar-refractivity contribution in [2.45, 2.75) is 32.4 Å². The zero-order valence-electron chi connectivity index (χ0n) is 9.46. The van der Waals surface area contributed by atoms with Gasteiger partial charge in [-0.15, -0.1) is 0 Å². The summed E-state index contributed by atoms with van der Waals surface area (Å²) in [5, 5.41) is 3.13. The Bertz CT molecular complexity index is 207. The number of carbonyl (C=O) groups is 1. The van der Waals surface area contributed by atoms with Gasteiger partial charge in [0.1, 0.15) is 6.61 Å². The molecule has 0 unspecified atom stereocenters. The molecule has 0 aromatic heterocycles. The lowest BCUT2D eigenvalue weighted by atomic mass is 10.1. The largest absolute Gasteiger partial charge is 0.366 e. The highest BCUT2D eigenvalue weighted by Crippen LogP contribution is 2.08. The Morgan fingerprint density at radius 3 is 2.43 bits per heavy atom. The molecule has 0 bridgehead atoms. The lowest BCUT2D eigenvalue weighted by Crippen LogP contribution is -2.58. The summed E-state index contributed by atoms with van der Waals surface area (Å²) in [6, 6.07) is 0.353. The first kappa shape index (κ1) is 11.5. The van der Waals surface area contributed by atoms with Gasteiger partial charge in [-0.25, -0.2) is 0 Å². The van der Waals surface area contributed by atoms with E-state index in [1.807, 2.05) is 27.8 Å². The molecule has 1 fully saturated rings. The van der Waals surface area contributed by atoms with Crippen LogP contribution in [0.5, 0.6) is 0 Å². The van der Waals surface area contributed by atoms with Crippen LogP contribution in [0.15, 0.2) is 0 Å². The molecule has 0 spiro atoms. The molecular weight excluding hydrogens is 180 g/mol. The molecule has 0 atom stereocenters. The number of rotatable bonds is 3. The second-order valence-corrected chi connectivity index (χ2v) is 4.72. The number of nitrogens with zero attached hydrogens (tertiary/aromatic N) is 1. The van der Waals surface area contributed by atoms with Crippen LogP contribution in [-0.2, 0) is 9.53 Å². The van der Waals surface area contributed by atoms with E-state index < -0.39 is 0 Å². The van der Waals surface area contributed by atoms with Gasteiger partial charge in [0.15, 0.2) is 0 Å². The maximum atomic E-state index is 11.6. The summed E-state index contributed by atoms with van der Waals surface area (Å²) in [5.74, 6) is 0.0615. The molecule has 1 N–H and O–H groups in total. The van der Waals surface area contributed by atoms with Crippen LogP contribution in [-0.4, -0.2) is 49.2 Å². The third-order valence-corrected chi connectivity index (χ3v) is 2.33. The van der Waals surface area contributed by atoms with Gasteiger partial charge in [0.2, 0.25) is 5.91 Å². The highest BCUT2D eigenvalue weighted by Gasteiger charge is 2.25. The average Bonchev–Trinajstić information content (AvgIpc) is 1.95. The van der Waals surface area contributed by atoms with E-state index in [1.54, 1.807) is 4.90 Å². The zero-order valence-corrected chi connectivity index (χ0v) is 9.46. The standard InChI is InChI=1S/C10H20N2O2/c1-10(2,3)14-7-9(13)12(4)8-5-11-6-8/h8,11H,5-7H2,1-4H3. The predicted octanol–water partition coefficient (Wildman–Crippen LogP) is 0.232. The number of nitrogens with one attached hydrogen (secondary N) is 1. The van der Waals surface area contributed by atoms with Gasteiger partial charge in [-0.2, -0.15) is 0 Å². The van der Waals surface area contributed by atoms with Crippen molar-refractivity contribution in [2.75, 3.05) is 26.7 Å². The molecule has 4 heteroatoms. The summed E-state index contributed by atoms with van der Waals surface area (Å²) in [7, 11) is 1.83. The fourth-order valence-electron chi connectivity index (χ4n) is 1.13. The smallest absolute Gasteiger partial charge is 0.248 e. The molecule has 0 aromatic carbocycles. The Hall–Kier alpha value is -0.610. The number of hydrogen-bond acceptors (Lipinski definition) is 3. The van der Waals surface area contributed by atoms with Crippen LogP contribution in [0, 0.1) is 0 Å². The Morgan fingerprint density at radius 2 is 2.07 bits per heavy atom. The molecule has 1 aliphatic heterocycles. The minimum Gasteiger partial charge on any atom is -0.366 e. The Balaban J connectivity index is 2.27. The van der Waals surface area contributed by atoms with Gasteiger partial charge >= 0.3 is 0 Å². The van der Waals surface area contributed by atoms with E-state index in [9.17, 15) is 4.79 Å². The molecule has 1 aliphatic rings. The molecule has 1 amide bonds. The lowest BCUT2D eigenvalue weighted by molar-refractivity contribution is -0.142. The Kier molecular flexibility index (Phi) is 3.50. The highest BCUT2D eigenvalue weighted by atomic mass is 16.5. The molecular formula is C10H20N2O2. The van der Waals surface area contributed by atoms with Crippen molar-refractivity contribution in [3.05, 3.63) is 0 Å². The van der Waals surface area contributed by atoms with E-state index in [0.717, 1.165) is 13.1 Å². The minimum atomic E-state index is -0.242. The second kappa shape index (κ2) is 4.28. The summed E-state index contributed by atoms with van der Waals surface area (Å²) >= 11 is 0. The Morgan fingerprint density at radius 1 is 1.50 bits per heavy atom. The second-order valence-electron chi connectivity index (χ2n) is 4.72. The number of likely N-dealkylation sites (N-methyl/N-ethyl adjacent to an activating group) is 1. The summed E-state index contributed by atoms with van der Waals surface area (Å²) in [4.78, 5) is 13.4. The van der Waals surface area contributed by atoms with Crippen LogP contribution in [0.3, 0.4) is 0 Å². The maximum absolute atomic E-state index is 11.6. The molecule has 0 aliphatic carbocycles. The number of carbonyl (C=O) groups excluding carboxylic acids is 1. The van der Waals surface area contributed by atoms with Gasteiger partial charge in [0.25, 0.3) is 0 Å². The van der Waals surface area contributed by atoms with Crippen molar-refractivity contribution >= 4 is 5.91 Å². The van der Waals surface area contributed by atoms with E-state index in [2.05, 4.69) is 5.32 Å². The van der Waals surface area contributed by atoms with Crippen LogP contribution in [0.25, 0.3) is 0 Å². The summed E-state index contributed by atoms with van der Waals surface area (Å²) in [6.07, 6.45) is 0. The van der Waals surface area contributed by atoms with Gasteiger partial charge in [-0.3, -0.25) is 4.79 Å². The topological polar surface area (TPSA) is 41.6 Å². The Labute approximate surface area is 85.6 Å². The molecule has 0 aromatic rings. The number of ether oxygens (including phenoxy) is 1. The number of hydrogen-bond donors (Lipinski definition) is 1. The van der Waals surface area contributed by atoms with Crippen molar-refractivity contribution < 1.29 is 9.53 Å². The van der Waals surface area contributed by atoms with Crippen LogP contribution in [0.2, 0.25) is 0 Å². The molecule has 0 radical (unpaired) electrons. The molecule has 1 heterocycles. The summed E-state index contributed by atoms with van der Waals surface area (Å²) < 4.78 is 5.42. The third-order valence-electron chi connectivity index (χ3n) is 2.33. The van der Waals surface area contributed by atoms with Crippen molar-refractivity contribution in [1.29, 1.82) is 0 Å². The van der Waals surface area contributed by atoms with E-state index in [1.165, 1.54) is 0 Å². The van der Waals surface area contributed by atoms with Gasteiger partial charge in [0.05, 0.1) is 11.6 Å². The zero-order chi connectivity index (χ0) is 10.8. The van der Waals surface area contributed by atoms with Crippen LogP contribution in [0.4, 0.5) is 0 Å². The quantitative estimate of drug-likeness (QED) is 0.709. The van der Waals surface area contributed by atoms with Crippen LogP contribution < -0.4 is 5.32 Å². The van der Waals surface area contributed by atoms with E-state index in [0.29, 0.717) is 6.04 Å².